The third-order valence-corrected chi connectivity index (χ3v) is 5.18. The molecule has 3 atom stereocenters. The van der Waals surface area contributed by atoms with Gasteiger partial charge in [-0.2, -0.15) is 5.21 Å². The highest BCUT2D eigenvalue weighted by Gasteiger charge is 2.34. The molecule has 1 aliphatic rings. The van der Waals surface area contributed by atoms with Crippen LogP contribution in [0.25, 0.3) is 0 Å². The molecule has 2 heterocycles. The van der Waals surface area contributed by atoms with Gasteiger partial charge in [0.25, 0.3) is 0 Å². The molecule has 26 heavy (non-hydrogen) atoms. The summed E-state index contributed by atoms with van der Waals surface area (Å²) in [6.45, 7) is 3.32. The quantitative estimate of drug-likeness (QED) is 0.558. The molecular weight excluding hydrogens is 334 g/mol. The van der Waals surface area contributed by atoms with E-state index in [2.05, 4.69) is 25.9 Å². The number of hydrogen-bond donors (Lipinski definition) is 4. The van der Waals surface area contributed by atoms with Crippen LogP contribution in [0.2, 0.25) is 0 Å². The molecule has 1 aliphatic heterocycles. The predicted octanol–water partition coefficient (Wildman–Crippen LogP) is 1.21. The van der Waals surface area contributed by atoms with Gasteiger partial charge in [-0.3, -0.25) is 4.79 Å². The van der Waals surface area contributed by atoms with Crippen molar-refractivity contribution in [1.29, 1.82) is 0 Å². The second-order valence-corrected chi connectivity index (χ2v) is 6.97. The number of carbonyl (C=O) groups is 1. The number of aromatic nitrogens is 4. The van der Waals surface area contributed by atoms with Gasteiger partial charge in [-0.15, -0.1) is 10.2 Å². The van der Waals surface area contributed by atoms with Crippen LogP contribution in [-0.4, -0.2) is 49.9 Å². The van der Waals surface area contributed by atoms with E-state index < -0.39 is 17.5 Å². The summed E-state index contributed by atoms with van der Waals surface area (Å²) >= 11 is 0. The summed E-state index contributed by atoms with van der Waals surface area (Å²) in [5.74, 6) is -1.34. The van der Waals surface area contributed by atoms with Crippen LogP contribution in [0.1, 0.15) is 49.1 Å². The number of benzene rings is 1. The number of β-amino-alcohol motifs (C(OH)–C–C–N with tert-alkyl or cyclic N) is 1. The molecule has 0 aliphatic carbocycles. The molecule has 0 amide bonds. The molecule has 2 aromatic rings. The number of H-pyrrole nitrogens is 1. The summed E-state index contributed by atoms with van der Waals surface area (Å²) in [5, 5.41) is 37.5. The molecule has 0 saturated carbocycles. The Bertz CT molecular complexity index is 711. The molecule has 1 saturated heterocycles. The van der Waals surface area contributed by atoms with Gasteiger partial charge in [0.05, 0.1) is 5.92 Å². The van der Waals surface area contributed by atoms with E-state index in [0.29, 0.717) is 31.6 Å². The van der Waals surface area contributed by atoms with E-state index in [1.807, 2.05) is 31.2 Å². The van der Waals surface area contributed by atoms with Crippen molar-refractivity contribution < 1.29 is 15.0 Å². The van der Waals surface area contributed by atoms with Gasteiger partial charge in [0.2, 0.25) is 0 Å². The summed E-state index contributed by atoms with van der Waals surface area (Å²) < 4.78 is 0. The summed E-state index contributed by atoms with van der Waals surface area (Å²) in [4.78, 5) is 11.8. The van der Waals surface area contributed by atoms with Gasteiger partial charge in [-0.25, -0.2) is 0 Å². The maximum absolute atomic E-state index is 11.8. The minimum Gasteiger partial charge on any atom is -0.481 e. The second kappa shape index (κ2) is 7.92. The molecule has 8 heteroatoms. The Balaban J connectivity index is 1.81. The highest BCUT2D eigenvalue weighted by Crippen LogP contribution is 2.32. The molecule has 0 spiro atoms. The number of nitrogens with zero attached hydrogens (tertiary/aromatic N) is 3. The molecule has 1 unspecified atom stereocenters. The molecule has 1 aromatic heterocycles. The first-order valence-corrected chi connectivity index (χ1v) is 9.02. The molecule has 0 radical (unpaired) electrons. The molecular formula is C18H25N5O3. The van der Waals surface area contributed by atoms with Crippen molar-refractivity contribution in [2.24, 2.45) is 5.92 Å². The van der Waals surface area contributed by atoms with Gasteiger partial charge >= 0.3 is 5.97 Å². The highest BCUT2D eigenvalue weighted by molar-refractivity contribution is 5.71. The molecule has 140 valence electrons. The Morgan fingerprint density at radius 2 is 2.12 bits per heavy atom. The number of tetrazole rings is 1. The topological polar surface area (TPSA) is 124 Å². The first kappa shape index (κ1) is 18.5. The monoisotopic (exact) mass is 359 g/mol. The summed E-state index contributed by atoms with van der Waals surface area (Å²) in [6.07, 6.45) is 2.52. The van der Waals surface area contributed by atoms with Crippen molar-refractivity contribution in [2.75, 3.05) is 13.1 Å². The predicted molar refractivity (Wildman–Crippen MR) is 94.5 cm³/mol. The summed E-state index contributed by atoms with van der Waals surface area (Å²) in [6, 6.07) is 7.74. The minimum absolute atomic E-state index is 0.353. The summed E-state index contributed by atoms with van der Waals surface area (Å²) in [5.41, 5.74) is 1.04. The smallest absolute Gasteiger partial charge is 0.307 e. The van der Waals surface area contributed by atoms with Crippen LogP contribution in [0.4, 0.5) is 0 Å². The average molecular weight is 359 g/mol. The molecule has 0 bridgehead atoms. The van der Waals surface area contributed by atoms with E-state index in [1.165, 1.54) is 0 Å². The van der Waals surface area contributed by atoms with Gasteiger partial charge in [0.15, 0.2) is 5.82 Å². The lowest BCUT2D eigenvalue weighted by Crippen LogP contribution is -2.28. The van der Waals surface area contributed by atoms with E-state index in [9.17, 15) is 15.0 Å². The molecule has 1 aromatic carbocycles. The van der Waals surface area contributed by atoms with Crippen molar-refractivity contribution in [3.63, 3.8) is 0 Å². The van der Waals surface area contributed by atoms with E-state index >= 15 is 0 Å². The Hall–Kier alpha value is -2.32. The Labute approximate surface area is 152 Å². The van der Waals surface area contributed by atoms with Gasteiger partial charge in [0.1, 0.15) is 5.60 Å². The fourth-order valence-electron chi connectivity index (χ4n) is 3.68. The number of carboxylic acids is 1. The lowest BCUT2D eigenvalue weighted by molar-refractivity contribution is -0.142. The zero-order valence-corrected chi connectivity index (χ0v) is 14.9. The Kier molecular flexibility index (Phi) is 5.63. The Morgan fingerprint density at radius 1 is 1.35 bits per heavy atom. The zero-order chi connectivity index (χ0) is 18.6. The maximum Gasteiger partial charge on any atom is 0.307 e. The SMILES string of the molecule is CCC[C@H](C(=O)O)[C@H](Cc1ccc(C2(O)CCNC2)cc1)c1nn[nH]n1. The highest BCUT2D eigenvalue weighted by atomic mass is 16.4. The van der Waals surface area contributed by atoms with Crippen LogP contribution in [0, 0.1) is 5.92 Å². The molecule has 3 rings (SSSR count). The van der Waals surface area contributed by atoms with Crippen LogP contribution in [0.3, 0.4) is 0 Å². The van der Waals surface area contributed by atoms with Crippen molar-refractivity contribution in [2.45, 2.75) is 44.1 Å². The first-order valence-electron chi connectivity index (χ1n) is 9.02. The number of nitrogens with one attached hydrogen (secondary N) is 2. The third kappa shape index (κ3) is 3.91. The number of aromatic amines is 1. The maximum atomic E-state index is 11.8. The molecule has 8 nitrogen and oxygen atoms in total. The normalized spacial score (nSPS) is 22.2. The number of aliphatic carboxylic acids is 1. The van der Waals surface area contributed by atoms with Gasteiger partial charge < -0.3 is 15.5 Å². The number of hydrogen-bond acceptors (Lipinski definition) is 6. The van der Waals surface area contributed by atoms with Crippen molar-refractivity contribution >= 4 is 5.97 Å². The number of carboxylic acid groups (broad SMARTS) is 1. The van der Waals surface area contributed by atoms with Gasteiger partial charge in [0, 0.05) is 12.5 Å². The summed E-state index contributed by atoms with van der Waals surface area (Å²) in [7, 11) is 0. The van der Waals surface area contributed by atoms with Crippen molar-refractivity contribution in [3.05, 3.63) is 41.2 Å². The lowest BCUT2D eigenvalue weighted by atomic mass is 9.83. The molecule has 4 N–H and O–H groups in total. The first-order chi connectivity index (χ1) is 12.5. The van der Waals surface area contributed by atoms with Crippen molar-refractivity contribution in [1.82, 2.24) is 25.9 Å². The average Bonchev–Trinajstić information content (AvgIpc) is 3.31. The fraction of sp³-hybridized carbons (Fsp3) is 0.556. The minimum atomic E-state index is -0.843. The van der Waals surface area contributed by atoms with Crippen molar-refractivity contribution in [3.8, 4) is 0 Å². The number of rotatable bonds is 8. The van der Waals surface area contributed by atoms with E-state index in [0.717, 1.165) is 24.1 Å². The van der Waals surface area contributed by atoms with Gasteiger partial charge in [-0.05, 0) is 36.9 Å². The standard InChI is InChI=1S/C18H25N5O3/c1-2-3-14(17(24)25)15(16-20-22-23-21-16)10-12-4-6-13(7-5-12)18(26)8-9-19-11-18/h4-7,14-15,19,26H,2-3,8-11H2,1H3,(H,24,25)(H,20,21,22,23)/t14-,15-,18?/m0/s1. The van der Waals surface area contributed by atoms with E-state index in [-0.39, 0.29) is 5.92 Å². The lowest BCUT2D eigenvalue weighted by Gasteiger charge is -2.23. The zero-order valence-electron chi connectivity index (χ0n) is 14.9. The van der Waals surface area contributed by atoms with Gasteiger partial charge in [-0.1, -0.05) is 42.8 Å². The van der Waals surface area contributed by atoms with E-state index in [4.69, 9.17) is 0 Å². The second-order valence-electron chi connectivity index (χ2n) is 6.97. The van der Waals surface area contributed by atoms with Crippen LogP contribution >= 0.6 is 0 Å². The van der Waals surface area contributed by atoms with Crippen LogP contribution in [-0.2, 0) is 16.8 Å². The van der Waals surface area contributed by atoms with Crippen LogP contribution < -0.4 is 5.32 Å². The van der Waals surface area contributed by atoms with Crippen LogP contribution in [0.15, 0.2) is 24.3 Å². The van der Waals surface area contributed by atoms with Crippen LogP contribution in [0.5, 0.6) is 0 Å². The van der Waals surface area contributed by atoms with E-state index in [1.54, 1.807) is 0 Å². The molecule has 1 fully saturated rings. The largest absolute Gasteiger partial charge is 0.481 e. The third-order valence-electron chi connectivity index (χ3n) is 5.18. The Morgan fingerprint density at radius 3 is 2.65 bits per heavy atom. The number of aliphatic hydroxyl groups is 1. The fourth-order valence-corrected chi connectivity index (χ4v) is 3.68.